The summed E-state index contributed by atoms with van der Waals surface area (Å²) in [5.74, 6) is 2.96. The van der Waals surface area contributed by atoms with E-state index in [1.807, 2.05) is 6.07 Å². The van der Waals surface area contributed by atoms with Crippen LogP contribution in [-0.2, 0) is 11.3 Å². The van der Waals surface area contributed by atoms with Crippen LogP contribution in [0.3, 0.4) is 0 Å². The third-order valence-electron chi connectivity index (χ3n) is 3.25. The third-order valence-corrected chi connectivity index (χ3v) is 3.25. The highest BCUT2D eigenvalue weighted by Crippen LogP contribution is 2.15. The van der Waals surface area contributed by atoms with Gasteiger partial charge in [-0.3, -0.25) is 4.90 Å². The van der Waals surface area contributed by atoms with Crippen LogP contribution in [0.4, 0.5) is 0 Å². The van der Waals surface area contributed by atoms with E-state index in [0.717, 1.165) is 26.2 Å². The Morgan fingerprint density at radius 3 is 2.94 bits per heavy atom. The standard InChI is InChI=1S/C15H19NO/c1-3-13(2)15-12-16(9-10-17-15)11-14-7-5-4-6-8-14/h1,4-8,13,15H,9-12H2,2H3. The van der Waals surface area contributed by atoms with Gasteiger partial charge in [0.05, 0.1) is 12.7 Å². The molecule has 0 bridgehead atoms. The molecule has 1 aromatic rings. The van der Waals surface area contributed by atoms with Crippen LogP contribution in [0.25, 0.3) is 0 Å². The molecule has 0 amide bonds. The quantitative estimate of drug-likeness (QED) is 0.736. The maximum atomic E-state index is 5.71. The molecule has 0 N–H and O–H groups in total. The molecule has 2 atom stereocenters. The first-order valence-corrected chi connectivity index (χ1v) is 6.13. The van der Waals surface area contributed by atoms with E-state index in [2.05, 4.69) is 42.0 Å². The third kappa shape index (κ3) is 3.33. The SMILES string of the molecule is C#CC(C)C1CN(Cc2ccccc2)CCO1. The van der Waals surface area contributed by atoms with Gasteiger partial charge in [-0.1, -0.05) is 30.3 Å². The second-order valence-electron chi connectivity index (χ2n) is 4.59. The van der Waals surface area contributed by atoms with Gasteiger partial charge in [-0.25, -0.2) is 0 Å². The summed E-state index contributed by atoms with van der Waals surface area (Å²) >= 11 is 0. The summed E-state index contributed by atoms with van der Waals surface area (Å²) in [5.41, 5.74) is 1.35. The van der Waals surface area contributed by atoms with Crippen LogP contribution in [0.5, 0.6) is 0 Å². The molecule has 0 aliphatic carbocycles. The van der Waals surface area contributed by atoms with Crippen LogP contribution in [-0.4, -0.2) is 30.7 Å². The summed E-state index contributed by atoms with van der Waals surface area (Å²) in [6.45, 7) is 5.74. The Kier molecular flexibility index (Phi) is 4.19. The van der Waals surface area contributed by atoms with Crippen molar-refractivity contribution in [3.8, 4) is 12.3 Å². The summed E-state index contributed by atoms with van der Waals surface area (Å²) < 4.78 is 5.71. The lowest BCUT2D eigenvalue weighted by Crippen LogP contribution is -2.44. The molecule has 1 aliphatic heterocycles. The summed E-state index contributed by atoms with van der Waals surface area (Å²) in [6.07, 6.45) is 5.63. The van der Waals surface area contributed by atoms with Crippen LogP contribution in [0.15, 0.2) is 30.3 Å². The van der Waals surface area contributed by atoms with Crippen LogP contribution in [0.2, 0.25) is 0 Å². The smallest absolute Gasteiger partial charge is 0.0837 e. The zero-order valence-electron chi connectivity index (χ0n) is 10.3. The molecule has 2 rings (SSSR count). The van der Waals surface area contributed by atoms with Crippen molar-refractivity contribution in [2.45, 2.75) is 19.6 Å². The van der Waals surface area contributed by atoms with E-state index in [-0.39, 0.29) is 12.0 Å². The molecule has 0 aromatic heterocycles. The molecule has 1 heterocycles. The maximum absolute atomic E-state index is 5.71. The zero-order chi connectivity index (χ0) is 12.1. The van der Waals surface area contributed by atoms with Gasteiger partial charge in [0.15, 0.2) is 0 Å². The number of hydrogen-bond donors (Lipinski definition) is 0. The number of terminal acetylenes is 1. The lowest BCUT2D eigenvalue weighted by Gasteiger charge is -2.34. The number of morpholine rings is 1. The molecule has 90 valence electrons. The van der Waals surface area contributed by atoms with Gasteiger partial charge in [-0.2, -0.15) is 0 Å². The Bertz CT molecular complexity index is 382. The molecular weight excluding hydrogens is 210 g/mol. The van der Waals surface area contributed by atoms with Gasteiger partial charge in [0.25, 0.3) is 0 Å². The van der Waals surface area contributed by atoms with Crippen molar-refractivity contribution in [2.24, 2.45) is 5.92 Å². The number of hydrogen-bond acceptors (Lipinski definition) is 2. The maximum Gasteiger partial charge on any atom is 0.0837 e. The van der Waals surface area contributed by atoms with Crippen molar-refractivity contribution in [3.63, 3.8) is 0 Å². The molecule has 2 nitrogen and oxygen atoms in total. The van der Waals surface area contributed by atoms with Gasteiger partial charge in [0, 0.05) is 25.6 Å². The minimum Gasteiger partial charge on any atom is -0.374 e. The lowest BCUT2D eigenvalue weighted by molar-refractivity contribution is -0.0459. The Morgan fingerprint density at radius 2 is 2.24 bits per heavy atom. The Hall–Kier alpha value is -1.30. The molecule has 0 spiro atoms. The van der Waals surface area contributed by atoms with E-state index in [9.17, 15) is 0 Å². The summed E-state index contributed by atoms with van der Waals surface area (Å²) in [7, 11) is 0. The van der Waals surface area contributed by atoms with E-state index in [4.69, 9.17) is 11.2 Å². The largest absolute Gasteiger partial charge is 0.374 e. The van der Waals surface area contributed by atoms with Gasteiger partial charge in [0.2, 0.25) is 0 Å². The van der Waals surface area contributed by atoms with E-state index >= 15 is 0 Å². The normalized spacial score (nSPS) is 22.9. The first-order valence-electron chi connectivity index (χ1n) is 6.13. The lowest BCUT2D eigenvalue weighted by atomic mass is 10.0. The van der Waals surface area contributed by atoms with Crippen molar-refractivity contribution in [1.29, 1.82) is 0 Å². The van der Waals surface area contributed by atoms with Crippen LogP contribution < -0.4 is 0 Å². The molecule has 1 aromatic carbocycles. The summed E-state index contributed by atoms with van der Waals surface area (Å²) in [6, 6.07) is 10.5. The molecule has 0 radical (unpaired) electrons. The highest BCUT2D eigenvalue weighted by molar-refractivity contribution is 5.14. The summed E-state index contributed by atoms with van der Waals surface area (Å²) in [5, 5.41) is 0. The van der Waals surface area contributed by atoms with Crippen molar-refractivity contribution in [1.82, 2.24) is 4.90 Å². The number of ether oxygens (including phenoxy) is 1. The predicted octanol–water partition coefficient (Wildman–Crippen LogP) is 2.16. The van der Waals surface area contributed by atoms with Crippen molar-refractivity contribution < 1.29 is 4.74 Å². The topological polar surface area (TPSA) is 12.5 Å². The molecule has 1 aliphatic rings. The fourth-order valence-electron chi connectivity index (χ4n) is 2.13. The van der Waals surface area contributed by atoms with E-state index in [1.165, 1.54) is 5.56 Å². The highest BCUT2D eigenvalue weighted by Gasteiger charge is 2.24. The minimum absolute atomic E-state index is 0.178. The fourth-order valence-corrected chi connectivity index (χ4v) is 2.13. The number of benzene rings is 1. The average Bonchev–Trinajstić information content (AvgIpc) is 2.39. The molecule has 1 fully saturated rings. The zero-order valence-corrected chi connectivity index (χ0v) is 10.3. The first kappa shape index (κ1) is 12.2. The Labute approximate surface area is 104 Å². The average molecular weight is 229 g/mol. The van der Waals surface area contributed by atoms with Crippen LogP contribution in [0, 0.1) is 18.3 Å². The molecular formula is C15H19NO. The second-order valence-corrected chi connectivity index (χ2v) is 4.59. The van der Waals surface area contributed by atoms with Gasteiger partial charge in [0.1, 0.15) is 0 Å². The van der Waals surface area contributed by atoms with Crippen molar-refractivity contribution in [2.75, 3.05) is 19.7 Å². The van der Waals surface area contributed by atoms with E-state index < -0.39 is 0 Å². The van der Waals surface area contributed by atoms with Crippen LogP contribution in [0.1, 0.15) is 12.5 Å². The minimum atomic E-state index is 0.178. The van der Waals surface area contributed by atoms with Crippen molar-refractivity contribution in [3.05, 3.63) is 35.9 Å². The van der Waals surface area contributed by atoms with Crippen molar-refractivity contribution >= 4 is 0 Å². The predicted molar refractivity (Wildman–Crippen MR) is 69.5 cm³/mol. The number of nitrogens with zero attached hydrogens (tertiary/aromatic N) is 1. The van der Waals surface area contributed by atoms with E-state index in [0.29, 0.717) is 0 Å². The van der Waals surface area contributed by atoms with Crippen LogP contribution >= 0.6 is 0 Å². The van der Waals surface area contributed by atoms with Gasteiger partial charge < -0.3 is 4.74 Å². The highest BCUT2D eigenvalue weighted by atomic mass is 16.5. The molecule has 17 heavy (non-hydrogen) atoms. The second kappa shape index (κ2) is 5.86. The Morgan fingerprint density at radius 1 is 1.47 bits per heavy atom. The molecule has 2 heteroatoms. The molecule has 2 unspecified atom stereocenters. The molecule has 0 saturated carbocycles. The Balaban J connectivity index is 1.92. The monoisotopic (exact) mass is 229 g/mol. The number of rotatable bonds is 3. The van der Waals surface area contributed by atoms with Gasteiger partial charge in [-0.15, -0.1) is 12.3 Å². The van der Waals surface area contributed by atoms with Gasteiger partial charge in [-0.05, 0) is 12.5 Å². The first-order chi connectivity index (χ1) is 8.29. The fraction of sp³-hybridized carbons (Fsp3) is 0.467. The van der Waals surface area contributed by atoms with Gasteiger partial charge >= 0.3 is 0 Å². The molecule has 1 saturated heterocycles. The van der Waals surface area contributed by atoms with E-state index in [1.54, 1.807) is 0 Å². The summed E-state index contributed by atoms with van der Waals surface area (Å²) in [4.78, 5) is 2.41.